The van der Waals surface area contributed by atoms with Crippen LogP contribution in [0.3, 0.4) is 0 Å². The first-order valence-corrected chi connectivity index (χ1v) is 11.8. The minimum absolute atomic E-state index is 0.0150. The number of hydrogen-bond acceptors (Lipinski definition) is 9. The maximum Gasteiger partial charge on any atom is 0.238 e. The molecule has 2 N–H and O–H groups in total. The van der Waals surface area contributed by atoms with Crippen LogP contribution in [0.15, 0.2) is 17.3 Å². The van der Waals surface area contributed by atoms with Crippen molar-refractivity contribution in [3.63, 3.8) is 0 Å². The van der Waals surface area contributed by atoms with E-state index < -0.39 is 16.3 Å². The molecule has 1 saturated heterocycles. The summed E-state index contributed by atoms with van der Waals surface area (Å²) >= 11 is 5.89. The molecular weight excluding hydrogens is 428 g/mol. The van der Waals surface area contributed by atoms with Crippen LogP contribution in [0.4, 0.5) is 11.8 Å². The molecule has 4 heterocycles. The van der Waals surface area contributed by atoms with Gasteiger partial charge in [0.15, 0.2) is 11.8 Å². The summed E-state index contributed by atoms with van der Waals surface area (Å²) in [4.78, 5) is 20.6. The molecule has 2 aromatic heterocycles. The van der Waals surface area contributed by atoms with Gasteiger partial charge in [0, 0.05) is 31.4 Å². The van der Waals surface area contributed by atoms with Crippen LogP contribution in [0.25, 0.3) is 0 Å². The topological polar surface area (TPSA) is 113 Å². The fourth-order valence-corrected chi connectivity index (χ4v) is 5.21. The molecule has 0 aromatic carbocycles. The van der Waals surface area contributed by atoms with E-state index >= 15 is 0 Å². The van der Waals surface area contributed by atoms with Crippen molar-refractivity contribution in [2.75, 3.05) is 35.9 Å². The Labute approximate surface area is 181 Å². The predicted molar refractivity (Wildman–Crippen MR) is 112 cm³/mol. The van der Waals surface area contributed by atoms with Crippen LogP contribution in [0.2, 0.25) is 5.02 Å². The van der Waals surface area contributed by atoms with Crippen molar-refractivity contribution in [1.82, 2.24) is 19.9 Å². The Hall–Kier alpha value is -2.04. The lowest BCUT2D eigenvalue weighted by molar-refractivity contribution is 0.143. The van der Waals surface area contributed by atoms with Gasteiger partial charge in [-0.3, -0.25) is 4.21 Å². The number of aliphatic hydroxyl groups is 1. The van der Waals surface area contributed by atoms with Gasteiger partial charge in [0.1, 0.15) is 21.5 Å². The molecule has 5 rings (SSSR count). The number of ether oxygens (including phenoxy) is 1. The first-order valence-electron chi connectivity index (χ1n) is 10.1. The maximum absolute atomic E-state index is 12.4. The van der Waals surface area contributed by atoms with E-state index in [9.17, 15) is 9.32 Å². The van der Waals surface area contributed by atoms with Gasteiger partial charge in [-0.05, 0) is 32.1 Å². The van der Waals surface area contributed by atoms with E-state index in [1.807, 2.05) is 0 Å². The van der Waals surface area contributed by atoms with Gasteiger partial charge in [0.25, 0.3) is 0 Å². The summed E-state index contributed by atoms with van der Waals surface area (Å²) in [5.74, 6) is 2.61. The summed E-state index contributed by atoms with van der Waals surface area (Å²) in [7, 11) is -1.31. The molecule has 2 fully saturated rings. The summed E-state index contributed by atoms with van der Waals surface area (Å²) in [5, 5.41) is 13.7. The molecule has 160 valence electrons. The quantitative estimate of drug-likeness (QED) is 0.706. The molecule has 0 bridgehead atoms. The Bertz CT molecular complexity index is 958. The second-order valence-electron chi connectivity index (χ2n) is 8.05. The van der Waals surface area contributed by atoms with Gasteiger partial charge < -0.3 is 20.1 Å². The van der Waals surface area contributed by atoms with E-state index in [2.05, 4.69) is 25.2 Å². The molecule has 9 nitrogen and oxygen atoms in total. The minimum atomic E-state index is -1.31. The highest BCUT2D eigenvalue weighted by Crippen LogP contribution is 2.40. The number of piperidine rings is 1. The highest BCUT2D eigenvalue weighted by Gasteiger charge is 2.39. The van der Waals surface area contributed by atoms with Crippen molar-refractivity contribution in [3.8, 4) is 5.88 Å². The molecule has 0 amide bonds. The smallest absolute Gasteiger partial charge is 0.238 e. The van der Waals surface area contributed by atoms with Gasteiger partial charge in [-0.2, -0.15) is 9.97 Å². The highest BCUT2D eigenvalue weighted by molar-refractivity contribution is 7.85. The standard InChI is InChI=1S/C19H23ClN6O3S/c20-13-8-21-15(22-9-13)12-2-6-26(7-3-12)18-23-16(25-19(10-27)4-1-5-19)14-17(24-18)29-11-30(14)28/h8-9,12,27H,1-7,10-11H2,(H,23,24,25)/t30-/m0/s1. The Morgan fingerprint density at radius 3 is 2.63 bits per heavy atom. The normalized spacial score (nSPS) is 22.9. The van der Waals surface area contributed by atoms with Crippen LogP contribution >= 0.6 is 11.6 Å². The van der Waals surface area contributed by atoms with Crippen LogP contribution in [0, 0.1) is 0 Å². The van der Waals surface area contributed by atoms with Gasteiger partial charge >= 0.3 is 0 Å². The summed E-state index contributed by atoms with van der Waals surface area (Å²) in [6.45, 7) is 1.52. The molecule has 30 heavy (non-hydrogen) atoms. The zero-order chi connectivity index (χ0) is 20.7. The van der Waals surface area contributed by atoms with Crippen molar-refractivity contribution < 1.29 is 14.1 Å². The Balaban J connectivity index is 1.37. The molecule has 0 unspecified atom stereocenters. The molecule has 3 aliphatic rings. The lowest BCUT2D eigenvalue weighted by Gasteiger charge is -2.41. The predicted octanol–water partition coefficient (Wildman–Crippen LogP) is 2.09. The number of nitrogens with one attached hydrogen (secondary N) is 1. The molecule has 1 aliphatic carbocycles. The first-order chi connectivity index (χ1) is 14.6. The van der Waals surface area contributed by atoms with Crippen LogP contribution in [-0.2, 0) is 10.8 Å². The molecule has 1 atom stereocenters. The van der Waals surface area contributed by atoms with Crippen LogP contribution in [0.1, 0.15) is 43.8 Å². The monoisotopic (exact) mass is 450 g/mol. The van der Waals surface area contributed by atoms with Crippen LogP contribution in [0.5, 0.6) is 5.88 Å². The number of fused-ring (bicyclic) bond motifs is 1. The third-order valence-electron chi connectivity index (χ3n) is 6.13. The zero-order valence-electron chi connectivity index (χ0n) is 16.4. The van der Waals surface area contributed by atoms with E-state index in [0.717, 1.165) is 51.0 Å². The van der Waals surface area contributed by atoms with Crippen molar-refractivity contribution in [2.45, 2.75) is 48.5 Å². The van der Waals surface area contributed by atoms with E-state index in [1.54, 1.807) is 12.4 Å². The summed E-state index contributed by atoms with van der Waals surface area (Å²) in [6.07, 6.45) is 7.78. The number of aromatic nitrogens is 4. The Morgan fingerprint density at radius 1 is 1.27 bits per heavy atom. The lowest BCUT2D eigenvalue weighted by atomic mass is 9.77. The van der Waals surface area contributed by atoms with E-state index in [4.69, 9.17) is 21.3 Å². The first kappa shape index (κ1) is 19.9. The number of hydrogen-bond donors (Lipinski definition) is 2. The minimum Gasteiger partial charge on any atom is -0.463 e. The summed E-state index contributed by atoms with van der Waals surface area (Å²) in [6, 6.07) is 0. The fourth-order valence-electron chi connectivity index (χ4n) is 4.16. The number of halogens is 1. The number of nitrogens with zero attached hydrogens (tertiary/aromatic N) is 5. The third-order valence-corrected chi connectivity index (χ3v) is 7.48. The highest BCUT2D eigenvalue weighted by atomic mass is 35.5. The van der Waals surface area contributed by atoms with E-state index in [1.165, 1.54) is 0 Å². The SMILES string of the molecule is O=[S@]1COc2nc(N3CCC(c4ncc(Cl)cn4)CC3)nc(NC3(CO)CCC3)c21. The van der Waals surface area contributed by atoms with Crippen LogP contribution in [-0.4, -0.2) is 60.4 Å². The molecule has 2 aliphatic heterocycles. The maximum atomic E-state index is 12.4. The van der Waals surface area contributed by atoms with E-state index in [0.29, 0.717) is 27.6 Å². The van der Waals surface area contributed by atoms with E-state index in [-0.39, 0.29) is 18.5 Å². The van der Waals surface area contributed by atoms with Crippen molar-refractivity contribution in [2.24, 2.45) is 0 Å². The third kappa shape index (κ3) is 3.61. The fraction of sp³-hybridized carbons (Fsp3) is 0.579. The van der Waals surface area contributed by atoms with Crippen LogP contribution < -0.4 is 15.0 Å². The average Bonchev–Trinajstić information content (AvgIpc) is 3.12. The number of anilines is 2. The molecule has 2 aromatic rings. The van der Waals surface area contributed by atoms with Crippen molar-refractivity contribution in [1.29, 1.82) is 0 Å². The van der Waals surface area contributed by atoms with Gasteiger partial charge in [-0.15, -0.1) is 0 Å². The van der Waals surface area contributed by atoms with Gasteiger partial charge in [-0.25, -0.2) is 9.97 Å². The lowest BCUT2D eigenvalue weighted by Crippen LogP contribution is -2.48. The largest absolute Gasteiger partial charge is 0.463 e. The molecular formula is C19H23ClN6O3S. The molecule has 1 saturated carbocycles. The molecule has 11 heteroatoms. The number of aliphatic hydroxyl groups excluding tert-OH is 1. The second kappa shape index (κ2) is 7.90. The Kier molecular flexibility index (Phi) is 5.24. The number of rotatable bonds is 5. The summed E-state index contributed by atoms with van der Waals surface area (Å²) in [5.41, 5.74) is -0.398. The second-order valence-corrected chi connectivity index (χ2v) is 9.82. The molecule has 0 spiro atoms. The van der Waals surface area contributed by atoms with Gasteiger partial charge in [0.2, 0.25) is 11.8 Å². The zero-order valence-corrected chi connectivity index (χ0v) is 18.0. The van der Waals surface area contributed by atoms with Crippen molar-refractivity contribution in [3.05, 3.63) is 23.2 Å². The van der Waals surface area contributed by atoms with Gasteiger partial charge in [-0.1, -0.05) is 11.6 Å². The average molecular weight is 451 g/mol. The Morgan fingerprint density at radius 2 is 2.00 bits per heavy atom. The summed E-state index contributed by atoms with van der Waals surface area (Å²) < 4.78 is 18.0. The molecule has 0 radical (unpaired) electrons. The van der Waals surface area contributed by atoms with Crippen molar-refractivity contribution >= 4 is 34.2 Å². The van der Waals surface area contributed by atoms with Gasteiger partial charge in [0.05, 0.1) is 17.2 Å².